The lowest BCUT2D eigenvalue weighted by molar-refractivity contribution is 1.18. The Balaban J connectivity index is 1.04. The third kappa shape index (κ3) is 5.51. The van der Waals surface area contributed by atoms with Crippen LogP contribution in [0.15, 0.2) is 206 Å². The van der Waals surface area contributed by atoms with Gasteiger partial charge in [-0.15, -0.1) is 0 Å². The van der Waals surface area contributed by atoms with Crippen LogP contribution < -0.4 is 5.73 Å². The van der Waals surface area contributed by atoms with Crippen molar-refractivity contribution in [2.45, 2.75) is 0 Å². The van der Waals surface area contributed by atoms with Crippen molar-refractivity contribution < 1.29 is 0 Å². The van der Waals surface area contributed by atoms with E-state index in [1.54, 1.807) is 0 Å². The van der Waals surface area contributed by atoms with E-state index >= 15 is 0 Å². The van der Waals surface area contributed by atoms with Gasteiger partial charge < -0.3 is 10.3 Å². The number of rotatable bonds is 6. The highest BCUT2D eigenvalue weighted by Gasteiger charge is 2.17. The number of fused-ring (bicyclic) bond motifs is 6. The van der Waals surface area contributed by atoms with Gasteiger partial charge in [0.1, 0.15) is 0 Å². The number of para-hydroxylation sites is 4. The van der Waals surface area contributed by atoms with Gasteiger partial charge in [0.25, 0.3) is 0 Å². The van der Waals surface area contributed by atoms with Gasteiger partial charge in [-0.05, 0) is 88.0 Å². The molecule has 260 valence electrons. The fourth-order valence-corrected chi connectivity index (χ4v) is 8.06. The molecular formula is C51H36N4. The van der Waals surface area contributed by atoms with Gasteiger partial charge in [-0.3, -0.25) is 4.57 Å². The van der Waals surface area contributed by atoms with E-state index in [4.69, 9.17) is 10.7 Å². The molecule has 0 amide bonds. The van der Waals surface area contributed by atoms with Crippen LogP contribution in [-0.2, 0) is 0 Å². The zero-order valence-electron chi connectivity index (χ0n) is 30.1. The van der Waals surface area contributed by atoms with Crippen LogP contribution >= 0.6 is 0 Å². The Bertz CT molecular complexity index is 3090. The maximum Gasteiger partial charge on any atom is 0.205 e. The number of benzene rings is 8. The molecule has 0 fully saturated rings. The van der Waals surface area contributed by atoms with Gasteiger partial charge in [-0.1, -0.05) is 146 Å². The van der Waals surface area contributed by atoms with Crippen molar-refractivity contribution in [1.29, 1.82) is 0 Å². The summed E-state index contributed by atoms with van der Waals surface area (Å²) in [5, 5.41) is 4.70. The zero-order valence-corrected chi connectivity index (χ0v) is 30.1. The van der Waals surface area contributed by atoms with Gasteiger partial charge in [-0.2, -0.15) is 0 Å². The van der Waals surface area contributed by atoms with Crippen molar-refractivity contribution in [2.75, 3.05) is 0 Å². The van der Waals surface area contributed by atoms with E-state index in [1.807, 2.05) is 24.3 Å². The lowest BCUT2D eigenvalue weighted by atomic mass is 9.96. The Kier molecular flexibility index (Phi) is 7.74. The number of nitrogens with two attached hydrogens (primary N) is 1. The topological polar surface area (TPSA) is 48.2 Å². The third-order valence-corrected chi connectivity index (χ3v) is 10.7. The second-order valence-corrected chi connectivity index (χ2v) is 13.9. The maximum absolute atomic E-state index is 6.99. The third-order valence-electron chi connectivity index (χ3n) is 10.7. The lowest BCUT2D eigenvalue weighted by Crippen LogP contribution is -2.21. The summed E-state index contributed by atoms with van der Waals surface area (Å²) in [6.07, 6.45) is 0. The molecule has 0 radical (unpaired) electrons. The molecule has 2 aromatic heterocycles. The molecule has 10 rings (SSSR count). The Hall–Kier alpha value is -7.43. The predicted octanol–water partition coefficient (Wildman–Crippen LogP) is 12.8. The minimum absolute atomic E-state index is 0.397. The largest absolute Gasteiger partial charge is 0.369 e. The molecule has 0 atom stereocenters. The van der Waals surface area contributed by atoms with Gasteiger partial charge in [0, 0.05) is 32.8 Å². The maximum atomic E-state index is 6.99. The molecule has 0 aliphatic rings. The van der Waals surface area contributed by atoms with Gasteiger partial charge >= 0.3 is 0 Å². The number of nitrogens with zero attached hydrogens (tertiary/aromatic N) is 3. The predicted molar refractivity (Wildman–Crippen MR) is 232 cm³/mol. The first-order chi connectivity index (χ1) is 27.1. The molecule has 0 aliphatic carbocycles. The number of hydrogen-bond acceptors (Lipinski definition) is 1. The van der Waals surface area contributed by atoms with Crippen LogP contribution in [0.1, 0.15) is 11.1 Å². The first-order valence-corrected chi connectivity index (χ1v) is 18.5. The quantitative estimate of drug-likeness (QED) is 0.136. The highest BCUT2D eigenvalue weighted by molar-refractivity contribution is 6.15. The molecule has 0 saturated heterocycles. The van der Waals surface area contributed by atoms with E-state index in [9.17, 15) is 0 Å². The average Bonchev–Trinajstić information content (AvgIpc) is 3.76. The molecule has 4 heteroatoms. The van der Waals surface area contributed by atoms with Gasteiger partial charge in [0.05, 0.1) is 27.8 Å². The number of aliphatic imine (C=N–C) groups is 1. The summed E-state index contributed by atoms with van der Waals surface area (Å²) in [6, 6.07) is 68.1. The molecular weight excluding hydrogens is 669 g/mol. The minimum atomic E-state index is 0.397. The summed E-state index contributed by atoms with van der Waals surface area (Å²) in [6.45, 7) is 4.50. The van der Waals surface area contributed by atoms with Crippen molar-refractivity contribution >= 4 is 60.8 Å². The number of hydrogen-bond donors (Lipinski definition) is 1. The molecule has 8 aromatic carbocycles. The van der Waals surface area contributed by atoms with Crippen molar-refractivity contribution in [3.63, 3.8) is 0 Å². The summed E-state index contributed by atoms with van der Waals surface area (Å²) in [4.78, 5) is 5.08. The molecule has 10 aromatic rings. The van der Waals surface area contributed by atoms with Crippen LogP contribution in [0.2, 0.25) is 0 Å². The van der Waals surface area contributed by atoms with Crippen molar-refractivity contribution in [1.82, 2.24) is 9.13 Å². The van der Waals surface area contributed by atoms with Crippen LogP contribution in [0.3, 0.4) is 0 Å². The fourth-order valence-electron chi connectivity index (χ4n) is 8.06. The fraction of sp³-hybridized carbons (Fsp3) is 0. The lowest BCUT2D eigenvalue weighted by Gasteiger charge is -2.12. The summed E-state index contributed by atoms with van der Waals surface area (Å²) in [7, 11) is 0. The highest BCUT2D eigenvalue weighted by atomic mass is 15.2. The van der Waals surface area contributed by atoms with Crippen LogP contribution in [0, 0.1) is 0 Å². The molecule has 0 bridgehead atoms. The van der Waals surface area contributed by atoms with Crippen molar-refractivity contribution in [2.24, 2.45) is 10.7 Å². The Morgan fingerprint density at radius 1 is 0.436 bits per heavy atom. The number of aromatic nitrogens is 2. The summed E-state index contributed by atoms with van der Waals surface area (Å²) in [5.74, 6) is 0.397. The second-order valence-electron chi connectivity index (χ2n) is 13.9. The zero-order chi connectivity index (χ0) is 36.9. The molecule has 0 unspecified atom stereocenters. The first-order valence-electron chi connectivity index (χ1n) is 18.5. The SMILES string of the molecule is C=C(c1ccc(-c2ccccc2)cc1)c1ccccc1N=C(N)n1c2ccccc2c2cc(-c3ccc4c(c3)c3ccccc3n4-c3ccccc3)ccc21. The van der Waals surface area contributed by atoms with Gasteiger partial charge in [0.15, 0.2) is 0 Å². The summed E-state index contributed by atoms with van der Waals surface area (Å²) in [5.41, 5.74) is 20.8. The van der Waals surface area contributed by atoms with Gasteiger partial charge in [0.2, 0.25) is 5.96 Å². The Labute approximate surface area is 319 Å². The van der Waals surface area contributed by atoms with E-state index in [1.165, 1.54) is 32.9 Å². The monoisotopic (exact) mass is 704 g/mol. The minimum Gasteiger partial charge on any atom is -0.369 e. The van der Waals surface area contributed by atoms with Crippen LogP contribution in [0.5, 0.6) is 0 Å². The second kappa shape index (κ2) is 13.2. The van der Waals surface area contributed by atoms with Crippen LogP contribution in [0.25, 0.3) is 77.1 Å². The van der Waals surface area contributed by atoms with Crippen LogP contribution in [-0.4, -0.2) is 15.1 Å². The molecule has 2 N–H and O–H groups in total. The Morgan fingerprint density at radius 2 is 0.927 bits per heavy atom. The molecule has 55 heavy (non-hydrogen) atoms. The van der Waals surface area contributed by atoms with E-state index in [0.29, 0.717) is 5.96 Å². The average molecular weight is 705 g/mol. The standard InChI is InChI=1S/C51H36N4/c1-34(35-24-26-37(27-25-35)36-14-4-2-5-15-36)41-18-8-11-21-46(41)53-51(52)55-48-23-13-10-20-43(48)45-33-39(29-31-50(45)55)38-28-30-49-44(32-38)42-19-9-12-22-47(42)54(49)40-16-6-3-7-17-40/h2-33H,1H2,(H2,52,53). The molecule has 2 heterocycles. The normalized spacial score (nSPS) is 11.9. The van der Waals surface area contributed by atoms with E-state index in [-0.39, 0.29) is 0 Å². The van der Waals surface area contributed by atoms with E-state index in [2.05, 4.69) is 186 Å². The van der Waals surface area contributed by atoms with Crippen molar-refractivity contribution in [3.8, 4) is 27.9 Å². The van der Waals surface area contributed by atoms with Gasteiger partial charge in [-0.25, -0.2) is 4.99 Å². The Morgan fingerprint density at radius 3 is 1.65 bits per heavy atom. The highest BCUT2D eigenvalue weighted by Crippen LogP contribution is 2.38. The molecule has 0 spiro atoms. The molecule has 4 nitrogen and oxygen atoms in total. The summed E-state index contributed by atoms with van der Waals surface area (Å²) < 4.78 is 4.42. The smallest absolute Gasteiger partial charge is 0.205 e. The first kappa shape index (κ1) is 32.2. The summed E-state index contributed by atoms with van der Waals surface area (Å²) >= 11 is 0. The van der Waals surface area contributed by atoms with E-state index in [0.717, 1.165) is 61.0 Å². The van der Waals surface area contributed by atoms with Crippen molar-refractivity contribution in [3.05, 3.63) is 212 Å². The molecule has 0 aliphatic heterocycles. The molecule has 0 saturated carbocycles. The van der Waals surface area contributed by atoms with Crippen LogP contribution in [0.4, 0.5) is 5.69 Å². The van der Waals surface area contributed by atoms with E-state index < -0.39 is 0 Å².